The molecule has 4 aromatic heterocycles. The molecule has 6 rings (SSSR count). The molecule has 0 aromatic carbocycles. The molecule has 0 atom stereocenters. The summed E-state index contributed by atoms with van der Waals surface area (Å²) in [6, 6.07) is 8.67. The van der Waals surface area contributed by atoms with Crippen LogP contribution in [-0.2, 0) is 44.7 Å². The molecule has 0 aliphatic carbocycles. The van der Waals surface area contributed by atoms with E-state index in [2.05, 4.69) is 62.7 Å². The van der Waals surface area contributed by atoms with Gasteiger partial charge in [-0.15, -0.1) is 45.3 Å². The zero-order chi connectivity index (χ0) is 39.3. The molecular formula is C48H60O4S4. The van der Waals surface area contributed by atoms with E-state index in [-0.39, 0.29) is 0 Å². The van der Waals surface area contributed by atoms with Crippen molar-refractivity contribution in [3.05, 3.63) is 90.3 Å². The fourth-order valence-electron chi connectivity index (χ4n) is 7.93. The summed E-state index contributed by atoms with van der Waals surface area (Å²) in [5.74, 6) is 0.197. The van der Waals surface area contributed by atoms with E-state index in [0.717, 1.165) is 61.1 Å². The maximum atomic E-state index is 13.8. The van der Waals surface area contributed by atoms with Crippen LogP contribution in [0.2, 0.25) is 0 Å². The van der Waals surface area contributed by atoms with Crippen LogP contribution < -0.4 is 0 Å². The first-order valence-corrected chi connectivity index (χ1v) is 24.9. The first-order valence-electron chi connectivity index (χ1n) is 21.5. The predicted octanol–water partition coefficient (Wildman–Crippen LogP) is 15.5. The van der Waals surface area contributed by atoms with Crippen LogP contribution in [0.5, 0.6) is 0 Å². The van der Waals surface area contributed by atoms with Gasteiger partial charge in [-0.2, -0.15) is 0 Å². The molecule has 0 N–H and O–H groups in total. The third-order valence-electron chi connectivity index (χ3n) is 11.0. The second-order valence-electron chi connectivity index (χ2n) is 15.3. The molecule has 0 saturated heterocycles. The van der Waals surface area contributed by atoms with E-state index in [1.165, 1.54) is 119 Å². The van der Waals surface area contributed by atoms with Crippen molar-refractivity contribution in [1.82, 2.24) is 0 Å². The van der Waals surface area contributed by atoms with Crippen molar-refractivity contribution in [2.75, 3.05) is 0 Å². The van der Waals surface area contributed by atoms with Crippen LogP contribution in [0.1, 0.15) is 162 Å². The Bertz CT molecular complexity index is 1840. The van der Waals surface area contributed by atoms with E-state index in [1.54, 1.807) is 45.3 Å². The zero-order valence-corrected chi connectivity index (χ0v) is 37.3. The Morgan fingerprint density at radius 3 is 1.09 bits per heavy atom. The van der Waals surface area contributed by atoms with Crippen LogP contribution in [-0.4, -0.2) is 11.9 Å². The highest BCUT2D eigenvalue weighted by atomic mass is 32.1. The lowest BCUT2D eigenvalue weighted by Gasteiger charge is -2.10. The van der Waals surface area contributed by atoms with Gasteiger partial charge in [0.2, 0.25) is 0 Å². The summed E-state index contributed by atoms with van der Waals surface area (Å²) >= 11 is 7.05. The number of ether oxygens (including phenoxy) is 2. The van der Waals surface area contributed by atoms with Gasteiger partial charge >= 0.3 is 11.9 Å². The Hall–Kier alpha value is -3.04. The summed E-state index contributed by atoms with van der Waals surface area (Å²) in [5, 5.41) is 4.29. The molecule has 2 aliphatic rings. The first-order chi connectivity index (χ1) is 27.5. The van der Waals surface area contributed by atoms with Gasteiger partial charge in [-0.05, 0) is 109 Å². The number of cyclic esters (lactones) is 2. The molecule has 0 bridgehead atoms. The molecule has 0 saturated carbocycles. The normalized spacial score (nSPS) is 15.5. The number of esters is 2. The SMILES string of the molecule is CCCCCCc1c(C2=C/C(=C3/C=C(c4sc(-c5cccs5)c(CCCCCC)c4CCCCCC)OC3=O)C(=O)O2)sc(-c2cccs2)c1CCCCCC. The minimum atomic E-state index is -0.473. The highest BCUT2D eigenvalue weighted by molar-refractivity contribution is 7.22. The number of unbranched alkanes of at least 4 members (excludes halogenated alkanes) is 12. The van der Waals surface area contributed by atoms with Gasteiger partial charge in [0.15, 0.2) is 0 Å². The van der Waals surface area contributed by atoms with Crippen LogP contribution in [0.3, 0.4) is 0 Å². The van der Waals surface area contributed by atoms with Crippen molar-refractivity contribution in [3.63, 3.8) is 0 Å². The third-order valence-corrected chi connectivity index (χ3v) is 15.7. The first kappa shape index (κ1) is 42.6. The van der Waals surface area contributed by atoms with E-state index in [9.17, 15) is 9.59 Å². The molecule has 0 spiro atoms. The lowest BCUT2D eigenvalue weighted by molar-refractivity contribution is -0.133. The highest BCUT2D eigenvalue weighted by Crippen LogP contribution is 2.48. The molecule has 0 amide bonds. The molecule has 4 nitrogen and oxygen atoms in total. The molecule has 6 heterocycles. The number of carbonyl (C=O) groups excluding carboxylic acids is 2. The van der Waals surface area contributed by atoms with Gasteiger partial charge in [0.05, 0.1) is 20.9 Å². The minimum Gasteiger partial charge on any atom is -0.421 e. The van der Waals surface area contributed by atoms with Crippen molar-refractivity contribution in [2.24, 2.45) is 0 Å². The standard InChI is InChI=1S/C48H60O4S4/c1-5-9-13-17-23-33-35(25-19-15-11-7-3)45(41-27-21-29-53-41)55-43(33)39-31-37(47(49)51-39)38-32-40(52-48(38)50)44-34(24-18-14-10-6-2)36(26-20-16-12-8-4)46(56-44)42-28-22-30-54-42/h21-22,27-32H,5-20,23-26H2,1-4H3/b38-37+. The van der Waals surface area contributed by atoms with Crippen LogP contribution in [0, 0.1) is 0 Å². The molecule has 8 heteroatoms. The number of thiophene rings is 4. The Morgan fingerprint density at radius 1 is 0.446 bits per heavy atom. The van der Waals surface area contributed by atoms with Gasteiger partial charge < -0.3 is 9.47 Å². The number of hydrogen-bond donors (Lipinski definition) is 0. The fourth-order valence-corrected chi connectivity index (χ4v) is 12.4. The Kier molecular flexibility index (Phi) is 16.4. The highest BCUT2D eigenvalue weighted by Gasteiger charge is 2.36. The second-order valence-corrected chi connectivity index (χ2v) is 19.2. The monoisotopic (exact) mass is 828 g/mol. The quantitative estimate of drug-likeness (QED) is 0.0401. The molecule has 0 radical (unpaired) electrons. The topological polar surface area (TPSA) is 52.6 Å². The van der Waals surface area contributed by atoms with E-state index >= 15 is 0 Å². The summed E-state index contributed by atoms with van der Waals surface area (Å²) in [6.45, 7) is 9.01. The van der Waals surface area contributed by atoms with Crippen LogP contribution in [0.15, 0.2) is 58.3 Å². The summed E-state index contributed by atoms with van der Waals surface area (Å²) < 4.78 is 12.3. The van der Waals surface area contributed by atoms with Crippen LogP contribution in [0.4, 0.5) is 0 Å². The molecule has 0 unspecified atom stereocenters. The summed E-state index contributed by atoms with van der Waals surface area (Å²) in [7, 11) is 0. The van der Waals surface area contributed by atoms with Gasteiger partial charge in [0.1, 0.15) is 11.5 Å². The van der Waals surface area contributed by atoms with E-state index in [4.69, 9.17) is 9.47 Å². The number of rotatable bonds is 24. The second kappa shape index (κ2) is 21.6. The van der Waals surface area contributed by atoms with E-state index in [1.807, 2.05) is 12.2 Å². The molecular weight excluding hydrogens is 769 g/mol. The van der Waals surface area contributed by atoms with Crippen molar-refractivity contribution < 1.29 is 19.1 Å². The minimum absolute atomic E-state index is 0.298. The van der Waals surface area contributed by atoms with Crippen LogP contribution >= 0.6 is 45.3 Å². The van der Waals surface area contributed by atoms with Crippen molar-refractivity contribution in [3.8, 4) is 19.5 Å². The fraction of sp³-hybridized carbons (Fsp3) is 0.500. The average molecular weight is 829 g/mol. The zero-order valence-electron chi connectivity index (χ0n) is 34.0. The Morgan fingerprint density at radius 2 is 0.786 bits per heavy atom. The predicted molar refractivity (Wildman–Crippen MR) is 242 cm³/mol. The summed E-state index contributed by atoms with van der Waals surface area (Å²) in [5.41, 5.74) is 6.06. The molecule has 4 aromatic rings. The average Bonchev–Trinajstić information content (AvgIpc) is 4.06. The Labute approximate surface area is 351 Å². The lowest BCUT2D eigenvalue weighted by atomic mass is 9.95. The van der Waals surface area contributed by atoms with Gasteiger partial charge in [-0.1, -0.05) is 117 Å². The molecule has 56 heavy (non-hydrogen) atoms. The van der Waals surface area contributed by atoms with Gasteiger partial charge in [0, 0.05) is 19.5 Å². The summed E-state index contributed by atoms with van der Waals surface area (Å²) in [6.07, 6.45) is 26.6. The summed E-state index contributed by atoms with van der Waals surface area (Å²) in [4.78, 5) is 34.8. The van der Waals surface area contributed by atoms with E-state index in [0.29, 0.717) is 22.7 Å². The molecule has 2 aliphatic heterocycles. The van der Waals surface area contributed by atoms with Gasteiger partial charge in [-0.3, -0.25) is 0 Å². The van der Waals surface area contributed by atoms with Gasteiger partial charge in [-0.25, -0.2) is 9.59 Å². The molecule has 0 fully saturated rings. The third kappa shape index (κ3) is 10.3. The lowest BCUT2D eigenvalue weighted by Crippen LogP contribution is -2.05. The van der Waals surface area contributed by atoms with Gasteiger partial charge in [0.25, 0.3) is 0 Å². The van der Waals surface area contributed by atoms with Crippen molar-refractivity contribution in [2.45, 2.75) is 156 Å². The maximum Gasteiger partial charge on any atom is 0.344 e. The Balaban J connectivity index is 1.40. The van der Waals surface area contributed by atoms with E-state index < -0.39 is 11.9 Å². The van der Waals surface area contributed by atoms with Crippen LogP contribution in [0.25, 0.3) is 31.0 Å². The molecule has 300 valence electrons. The van der Waals surface area contributed by atoms with Crippen molar-refractivity contribution >= 4 is 68.8 Å². The van der Waals surface area contributed by atoms with Crippen molar-refractivity contribution in [1.29, 1.82) is 0 Å². The number of carbonyl (C=O) groups is 2. The largest absolute Gasteiger partial charge is 0.421 e. The number of hydrogen-bond acceptors (Lipinski definition) is 8. The maximum absolute atomic E-state index is 13.8. The smallest absolute Gasteiger partial charge is 0.344 e.